The number of aromatic nitrogens is 3. The molecule has 1 heterocycles. The van der Waals surface area contributed by atoms with Crippen LogP contribution in [-0.2, 0) is 11.3 Å². The van der Waals surface area contributed by atoms with Gasteiger partial charge in [0.25, 0.3) is 0 Å². The predicted octanol–water partition coefficient (Wildman–Crippen LogP) is 0.822. The number of nitrogens with zero attached hydrogens (tertiary/aromatic N) is 3. The SMILES string of the molecule is CN(C)Cc1n[nH]nc1C(=O)OC(C)(C)C. The maximum Gasteiger partial charge on any atom is 0.361 e. The number of rotatable bonds is 3. The minimum absolute atomic E-state index is 0.253. The van der Waals surface area contributed by atoms with Crippen molar-refractivity contribution in [2.24, 2.45) is 0 Å². The first-order valence-corrected chi connectivity index (χ1v) is 5.07. The summed E-state index contributed by atoms with van der Waals surface area (Å²) < 4.78 is 5.22. The number of aromatic amines is 1. The first-order valence-electron chi connectivity index (χ1n) is 5.07. The monoisotopic (exact) mass is 226 g/mol. The van der Waals surface area contributed by atoms with E-state index in [1.165, 1.54) is 0 Å². The van der Waals surface area contributed by atoms with Crippen molar-refractivity contribution in [3.8, 4) is 0 Å². The normalized spacial score (nSPS) is 11.9. The van der Waals surface area contributed by atoms with E-state index in [0.717, 1.165) is 0 Å². The van der Waals surface area contributed by atoms with Gasteiger partial charge in [-0.3, -0.25) is 0 Å². The Morgan fingerprint density at radius 2 is 2.00 bits per heavy atom. The van der Waals surface area contributed by atoms with Gasteiger partial charge >= 0.3 is 5.97 Å². The van der Waals surface area contributed by atoms with E-state index in [2.05, 4.69) is 15.4 Å². The lowest BCUT2D eigenvalue weighted by Gasteiger charge is -2.18. The largest absolute Gasteiger partial charge is 0.455 e. The molecule has 1 rings (SSSR count). The van der Waals surface area contributed by atoms with Crippen LogP contribution in [0.25, 0.3) is 0 Å². The molecular weight excluding hydrogens is 208 g/mol. The summed E-state index contributed by atoms with van der Waals surface area (Å²) in [5.74, 6) is -0.446. The fourth-order valence-corrected chi connectivity index (χ4v) is 1.15. The topological polar surface area (TPSA) is 71.1 Å². The highest BCUT2D eigenvalue weighted by Crippen LogP contribution is 2.12. The molecule has 0 unspecified atom stereocenters. The molecule has 1 N–H and O–H groups in total. The average Bonchev–Trinajstić information content (AvgIpc) is 2.47. The summed E-state index contributed by atoms with van der Waals surface area (Å²) in [5.41, 5.74) is 0.327. The fraction of sp³-hybridized carbons (Fsp3) is 0.700. The molecule has 0 bridgehead atoms. The molecule has 0 fully saturated rings. The second-order valence-electron chi connectivity index (χ2n) is 4.86. The lowest BCUT2D eigenvalue weighted by Crippen LogP contribution is -2.25. The van der Waals surface area contributed by atoms with Crippen LogP contribution < -0.4 is 0 Å². The standard InChI is InChI=1S/C10H18N4O2/c1-10(2,3)16-9(15)8-7(6-14(4)5)11-13-12-8/h6H2,1-5H3,(H,11,12,13). The van der Waals surface area contributed by atoms with Crippen molar-refractivity contribution >= 4 is 5.97 Å². The summed E-state index contributed by atoms with van der Waals surface area (Å²) in [6.45, 7) is 5.99. The number of nitrogens with one attached hydrogen (secondary N) is 1. The maximum absolute atomic E-state index is 11.8. The van der Waals surface area contributed by atoms with Gasteiger partial charge in [-0.2, -0.15) is 10.3 Å². The molecule has 0 aromatic carbocycles. The summed E-state index contributed by atoms with van der Waals surface area (Å²) in [7, 11) is 3.79. The van der Waals surface area contributed by atoms with Gasteiger partial charge in [0.15, 0.2) is 5.69 Å². The molecule has 1 aromatic rings. The molecule has 6 nitrogen and oxygen atoms in total. The summed E-state index contributed by atoms with van der Waals surface area (Å²) in [6.07, 6.45) is 0. The molecule has 6 heteroatoms. The van der Waals surface area contributed by atoms with Crippen molar-refractivity contribution in [2.45, 2.75) is 32.9 Å². The molecule has 0 spiro atoms. The number of hydrogen-bond donors (Lipinski definition) is 1. The molecule has 0 aliphatic heterocycles. The Balaban J connectivity index is 2.80. The van der Waals surface area contributed by atoms with Crippen LogP contribution in [0.4, 0.5) is 0 Å². The Bertz CT molecular complexity index is 365. The Hall–Kier alpha value is -1.43. The third-order valence-electron chi connectivity index (χ3n) is 1.68. The van der Waals surface area contributed by atoms with E-state index in [9.17, 15) is 4.79 Å². The molecule has 0 aliphatic rings. The van der Waals surface area contributed by atoms with Crippen molar-refractivity contribution < 1.29 is 9.53 Å². The average molecular weight is 226 g/mol. The smallest absolute Gasteiger partial charge is 0.361 e. The van der Waals surface area contributed by atoms with E-state index >= 15 is 0 Å². The van der Waals surface area contributed by atoms with E-state index in [0.29, 0.717) is 12.2 Å². The van der Waals surface area contributed by atoms with Gasteiger partial charge < -0.3 is 9.64 Å². The van der Waals surface area contributed by atoms with Gasteiger partial charge in [0.2, 0.25) is 0 Å². The molecule has 0 atom stereocenters. The highest BCUT2D eigenvalue weighted by Gasteiger charge is 2.23. The van der Waals surface area contributed by atoms with Crippen molar-refractivity contribution in [3.63, 3.8) is 0 Å². The third kappa shape index (κ3) is 3.62. The Labute approximate surface area is 95.0 Å². The lowest BCUT2D eigenvalue weighted by atomic mass is 10.2. The minimum atomic E-state index is -0.522. The predicted molar refractivity (Wildman–Crippen MR) is 58.9 cm³/mol. The number of H-pyrrole nitrogens is 1. The highest BCUT2D eigenvalue weighted by molar-refractivity contribution is 5.88. The van der Waals surface area contributed by atoms with Gasteiger partial charge in [0.1, 0.15) is 11.3 Å². The van der Waals surface area contributed by atoms with Gasteiger partial charge in [-0.25, -0.2) is 4.79 Å². The van der Waals surface area contributed by atoms with Crippen LogP contribution in [0, 0.1) is 0 Å². The lowest BCUT2D eigenvalue weighted by molar-refractivity contribution is 0.00610. The number of hydrogen-bond acceptors (Lipinski definition) is 5. The summed E-state index contributed by atoms with van der Waals surface area (Å²) in [6, 6.07) is 0. The van der Waals surface area contributed by atoms with E-state index in [-0.39, 0.29) is 5.69 Å². The zero-order valence-electron chi connectivity index (χ0n) is 10.4. The molecule has 16 heavy (non-hydrogen) atoms. The third-order valence-corrected chi connectivity index (χ3v) is 1.68. The van der Waals surface area contributed by atoms with E-state index in [4.69, 9.17) is 4.74 Å². The number of carbonyl (C=O) groups is 1. The zero-order valence-corrected chi connectivity index (χ0v) is 10.4. The van der Waals surface area contributed by atoms with Crippen molar-refractivity contribution in [3.05, 3.63) is 11.4 Å². The van der Waals surface area contributed by atoms with Crippen molar-refractivity contribution in [2.75, 3.05) is 14.1 Å². The van der Waals surface area contributed by atoms with Crippen LogP contribution in [0.1, 0.15) is 37.0 Å². The molecule has 0 saturated heterocycles. The van der Waals surface area contributed by atoms with Gasteiger partial charge in [0, 0.05) is 6.54 Å². The van der Waals surface area contributed by atoms with Gasteiger partial charge in [-0.15, -0.1) is 5.10 Å². The number of ether oxygens (including phenoxy) is 1. The zero-order chi connectivity index (χ0) is 12.3. The van der Waals surface area contributed by atoms with Crippen LogP contribution in [0.3, 0.4) is 0 Å². The van der Waals surface area contributed by atoms with Crippen molar-refractivity contribution in [1.29, 1.82) is 0 Å². The first kappa shape index (κ1) is 12.6. The van der Waals surface area contributed by atoms with Crippen LogP contribution in [-0.4, -0.2) is 46.0 Å². The van der Waals surface area contributed by atoms with Gasteiger partial charge in [0.05, 0.1) is 0 Å². The molecule has 1 aromatic heterocycles. The van der Waals surface area contributed by atoms with E-state index in [1.54, 1.807) is 0 Å². The molecule has 0 amide bonds. The van der Waals surface area contributed by atoms with Gasteiger partial charge in [-0.05, 0) is 34.9 Å². The van der Waals surface area contributed by atoms with Gasteiger partial charge in [-0.1, -0.05) is 0 Å². The maximum atomic E-state index is 11.8. The quantitative estimate of drug-likeness (QED) is 0.773. The Kier molecular flexibility index (Phi) is 3.64. The summed E-state index contributed by atoms with van der Waals surface area (Å²) in [5, 5.41) is 10.2. The van der Waals surface area contributed by atoms with Crippen LogP contribution in [0.2, 0.25) is 0 Å². The molecule has 0 radical (unpaired) electrons. The Morgan fingerprint density at radius 3 is 2.50 bits per heavy atom. The first-order chi connectivity index (χ1) is 7.29. The number of esters is 1. The highest BCUT2D eigenvalue weighted by atomic mass is 16.6. The molecule has 0 saturated carbocycles. The Morgan fingerprint density at radius 1 is 1.38 bits per heavy atom. The van der Waals surface area contributed by atoms with Crippen LogP contribution in [0.15, 0.2) is 0 Å². The molecule has 0 aliphatic carbocycles. The fourth-order valence-electron chi connectivity index (χ4n) is 1.15. The van der Waals surface area contributed by atoms with Crippen LogP contribution in [0.5, 0.6) is 0 Å². The summed E-state index contributed by atoms with van der Waals surface area (Å²) >= 11 is 0. The van der Waals surface area contributed by atoms with Crippen LogP contribution >= 0.6 is 0 Å². The van der Waals surface area contributed by atoms with Crippen molar-refractivity contribution in [1.82, 2.24) is 20.3 Å². The van der Waals surface area contributed by atoms with E-state index < -0.39 is 11.6 Å². The van der Waals surface area contributed by atoms with E-state index in [1.807, 2.05) is 39.8 Å². The molecular formula is C10H18N4O2. The minimum Gasteiger partial charge on any atom is -0.455 e. The molecule has 90 valence electrons. The summed E-state index contributed by atoms with van der Waals surface area (Å²) in [4.78, 5) is 13.7. The second-order valence-corrected chi connectivity index (χ2v) is 4.86. The second kappa shape index (κ2) is 4.61. The number of carbonyl (C=O) groups excluding carboxylic acids is 1.